The Bertz CT molecular complexity index is 180. The lowest BCUT2D eigenvalue weighted by molar-refractivity contribution is 0.505. The first kappa shape index (κ1) is 10.8. The highest BCUT2D eigenvalue weighted by Gasteiger charge is 1.80. The van der Waals surface area contributed by atoms with Crippen molar-refractivity contribution in [3.05, 3.63) is 24.3 Å². The van der Waals surface area contributed by atoms with Crippen LogP contribution in [0.15, 0.2) is 24.3 Å². The van der Waals surface area contributed by atoms with Crippen molar-refractivity contribution in [3.63, 3.8) is 0 Å². The average molecular weight is 167 g/mol. The van der Waals surface area contributed by atoms with E-state index in [1.807, 2.05) is 26.0 Å². The standard InChI is InChI=1S/C6H8N2.C3H9N/c7-5-1-2-6(8)4-3-5;1-4(2)3/h1-4H,7-8H2;1-3H3. The highest BCUT2D eigenvalue weighted by molar-refractivity contribution is 5.47. The van der Waals surface area contributed by atoms with Crippen molar-refractivity contribution in [2.24, 2.45) is 0 Å². The van der Waals surface area contributed by atoms with Gasteiger partial charge in [-0.15, -0.1) is 0 Å². The zero-order valence-corrected chi connectivity index (χ0v) is 7.91. The van der Waals surface area contributed by atoms with E-state index in [1.54, 1.807) is 24.3 Å². The van der Waals surface area contributed by atoms with Gasteiger partial charge < -0.3 is 16.4 Å². The van der Waals surface area contributed by atoms with Gasteiger partial charge in [-0.3, -0.25) is 0 Å². The molecular weight excluding hydrogens is 150 g/mol. The number of nitrogens with zero attached hydrogens (tertiary/aromatic N) is 1. The quantitative estimate of drug-likeness (QED) is 0.567. The van der Waals surface area contributed by atoms with Crippen LogP contribution in [-0.4, -0.2) is 26.0 Å². The third kappa shape index (κ3) is 6.89. The second-order valence-corrected chi connectivity index (χ2v) is 3.01. The lowest BCUT2D eigenvalue weighted by atomic mass is 10.3. The van der Waals surface area contributed by atoms with Gasteiger partial charge >= 0.3 is 0 Å². The second-order valence-electron chi connectivity index (χ2n) is 3.01. The van der Waals surface area contributed by atoms with Crippen LogP contribution < -0.4 is 11.5 Å². The first-order valence-corrected chi connectivity index (χ1v) is 3.74. The highest BCUT2D eigenvalue weighted by Crippen LogP contribution is 2.04. The Kier molecular flexibility index (Phi) is 4.88. The van der Waals surface area contributed by atoms with E-state index in [-0.39, 0.29) is 0 Å². The van der Waals surface area contributed by atoms with E-state index < -0.39 is 0 Å². The fourth-order valence-electron chi connectivity index (χ4n) is 0.496. The predicted molar refractivity (Wildman–Crippen MR) is 54.9 cm³/mol. The van der Waals surface area contributed by atoms with Crippen molar-refractivity contribution in [3.8, 4) is 0 Å². The molecule has 12 heavy (non-hydrogen) atoms. The van der Waals surface area contributed by atoms with Crippen LogP contribution in [0, 0.1) is 0 Å². The van der Waals surface area contributed by atoms with Crippen LogP contribution in [0.5, 0.6) is 0 Å². The Morgan fingerprint density at radius 1 is 0.833 bits per heavy atom. The summed E-state index contributed by atoms with van der Waals surface area (Å²) in [6.07, 6.45) is 0. The molecule has 0 saturated heterocycles. The number of anilines is 2. The van der Waals surface area contributed by atoms with Gasteiger partial charge in [-0.25, -0.2) is 0 Å². The van der Waals surface area contributed by atoms with E-state index in [0.29, 0.717) is 0 Å². The number of nitrogens with two attached hydrogens (primary N) is 2. The molecule has 0 heterocycles. The SMILES string of the molecule is CN(C)C.Nc1ccc(N)cc1. The van der Waals surface area contributed by atoms with Gasteiger partial charge in [0.1, 0.15) is 0 Å². The largest absolute Gasteiger partial charge is 0.399 e. The summed E-state index contributed by atoms with van der Waals surface area (Å²) in [5, 5.41) is 0. The van der Waals surface area contributed by atoms with Crippen molar-refractivity contribution < 1.29 is 0 Å². The van der Waals surface area contributed by atoms with Crippen molar-refractivity contribution >= 4 is 11.4 Å². The predicted octanol–water partition coefficient (Wildman–Crippen LogP) is 1.03. The van der Waals surface area contributed by atoms with Gasteiger partial charge in [-0.2, -0.15) is 0 Å². The number of nitrogen functional groups attached to an aromatic ring is 2. The van der Waals surface area contributed by atoms with Crippen LogP contribution in [0.25, 0.3) is 0 Å². The van der Waals surface area contributed by atoms with Crippen LogP contribution >= 0.6 is 0 Å². The van der Waals surface area contributed by atoms with Crippen LogP contribution in [0.1, 0.15) is 0 Å². The molecular formula is C9H17N3. The topological polar surface area (TPSA) is 55.3 Å². The maximum atomic E-state index is 5.37. The third-order valence-electron chi connectivity index (χ3n) is 0.936. The fourth-order valence-corrected chi connectivity index (χ4v) is 0.496. The summed E-state index contributed by atoms with van der Waals surface area (Å²) >= 11 is 0. The lowest BCUT2D eigenvalue weighted by Crippen LogP contribution is -1.99. The minimum absolute atomic E-state index is 0.749. The zero-order chi connectivity index (χ0) is 9.56. The van der Waals surface area contributed by atoms with Crippen LogP contribution in [0.3, 0.4) is 0 Å². The summed E-state index contributed by atoms with van der Waals surface area (Å²) < 4.78 is 0. The third-order valence-corrected chi connectivity index (χ3v) is 0.936. The fraction of sp³-hybridized carbons (Fsp3) is 0.333. The van der Waals surface area contributed by atoms with Crippen LogP contribution in [0.4, 0.5) is 11.4 Å². The minimum Gasteiger partial charge on any atom is -0.399 e. The molecule has 1 aromatic rings. The van der Waals surface area contributed by atoms with E-state index in [0.717, 1.165) is 11.4 Å². The van der Waals surface area contributed by atoms with Crippen molar-refractivity contribution in [2.75, 3.05) is 32.6 Å². The zero-order valence-electron chi connectivity index (χ0n) is 7.91. The monoisotopic (exact) mass is 167 g/mol. The number of rotatable bonds is 0. The maximum Gasteiger partial charge on any atom is 0.0315 e. The van der Waals surface area contributed by atoms with E-state index >= 15 is 0 Å². The van der Waals surface area contributed by atoms with Crippen LogP contribution in [-0.2, 0) is 0 Å². The summed E-state index contributed by atoms with van der Waals surface area (Å²) in [6.45, 7) is 0. The molecule has 0 fully saturated rings. The molecule has 1 aromatic carbocycles. The molecule has 3 nitrogen and oxygen atoms in total. The Morgan fingerprint density at radius 3 is 1.17 bits per heavy atom. The molecule has 1 rings (SSSR count). The highest BCUT2D eigenvalue weighted by atomic mass is 15.0. The van der Waals surface area contributed by atoms with E-state index in [1.165, 1.54) is 0 Å². The molecule has 0 aliphatic carbocycles. The molecule has 0 aliphatic heterocycles. The maximum absolute atomic E-state index is 5.37. The molecule has 0 radical (unpaired) electrons. The summed E-state index contributed by atoms with van der Waals surface area (Å²) in [5.41, 5.74) is 12.2. The van der Waals surface area contributed by atoms with Crippen LogP contribution in [0.2, 0.25) is 0 Å². The molecule has 0 atom stereocenters. The van der Waals surface area contributed by atoms with Gasteiger partial charge in [0, 0.05) is 11.4 Å². The smallest absolute Gasteiger partial charge is 0.0315 e. The summed E-state index contributed by atoms with van der Waals surface area (Å²) in [4.78, 5) is 2.00. The number of benzene rings is 1. The van der Waals surface area contributed by atoms with Gasteiger partial charge in [-0.05, 0) is 45.4 Å². The molecule has 0 unspecified atom stereocenters. The van der Waals surface area contributed by atoms with Crippen molar-refractivity contribution in [1.82, 2.24) is 4.90 Å². The van der Waals surface area contributed by atoms with Crippen molar-refractivity contribution in [1.29, 1.82) is 0 Å². The number of hydrogen-bond acceptors (Lipinski definition) is 3. The summed E-state index contributed by atoms with van der Waals surface area (Å²) in [5.74, 6) is 0. The molecule has 0 aromatic heterocycles. The van der Waals surface area contributed by atoms with Gasteiger partial charge in [0.2, 0.25) is 0 Å². The minimum atomic E-state index is 0.749. The molecule has 0 saturated carbocycles. The molecule has 0 bridgehead atoms. The van der Waals surface area contributed by atoms with Crippen molar-refractivity contribution in [2.45, 2.75) is 0 Å². The second kappa shape index (κ2) is 5.43. The normalized spacial score (nSPS) is 9.00. The van der Waals surface area contributed by atoms with Gasteiger partial charge in [0.15, 0.2) is 0 Å². The summed E-state index contributed by atoms with van der Waals surface area (Å²) in [7, 11) is 6.00. The Balaban J connectivity index is 0.000000261. The van der Waals surface area contributed by atoms with E-state index in [2.05, 4.69) is 0 Å². The van der Waals surface area contributed by atoms with E-state index in [9.17, 15) is 0 Å². The number of hydrogen-bond donors (Lipinski definition) is 2. The van der Waals surface area contributed by atoms with Gasteiger partial charge in [0.05, 0.1) is 0 Å². The molecule has 0 aliphatic rings. The molecule has 0 amide bonds. The first-order valence-electron chi connectivity index (χ1n) is 3.74. The molecule has 4 N–H and O–H groups in total. The molecule has 68 valence electrons. The Morgan fingerprint density at radius 2 is 1.00 bits per heavy atom. The average Bonchev–Trinajstić information content (AvgIpc) is 1.94. The Labute approximate surface area is 74.0 Å². The van der Waals surface area contributed by atoms with Gasteiger partial charge in [-0.1, -0.05) is 0 Å². The lowest BCUT2D eigenvalue weighted by Gasteiger charge is -1.90. The molecule has 3 heteroatoms. The first-order chi connectivity index (χ1) is 5.52. The summed E-state index contributed by atoms with van der Waals surface area (Å²) in [6, 6.07) is 7.09. The van der Waals surface area contributed by atoms with Gasteiger partial charge in [0.25, 0.3) is 0 Å². The Hall–Kier alpha value is -1.22. The molecule has 0 spiro atoms. The van der Waals surface area contributed by atoms with E-state index in [4.69, 9.17) is 11.5 Å².